The highest BCUT2D eigenvalue weighted by atomic mass is 19.1. The summed E-state index contributed by atoms with van der Waals surface area (Å²) >= 11 is 0. The van der Waals surface area contributed by atoms with Gasteiger partial charge in [-0.05, 0) is 60.4 Å². The van der Waals surface area contributed by atoms with Gasteiger partial charge in [-0.25, -0.2) is 4.39 Å². The number of benzene rings is 3. The van der Waals surface area contributed by atoms with Crippen molar-refractivity contribution < 1.29 is 19.0 Å². The first-order valence-corrected chi connectivity index (χ1v) is 10.5. The third-order valence-corrected chi connectivity index (χ3v) is 5.84. The zero-order valence-corrected chi connectivity index (χ0v) is 17.3. The lowest BCUT2D eigenvalue weighted by molar-refractivity contribution is -0.0247. The average molecular weight is 419 g/mol. The van der Waals surface area contributed by atoms with E-state index in [0.29, 0.717) is 50.2 Å². The van der Waals surface area contributed by atoms with E-state index in [9.17, 15) is 14.3 Å². The molecule has 31 heavy (non-hydrogen) atoms. The normalized spacial score (nSPS) is 16.1. The SMILES string of the molecule is O=C(CN1CCC(O)(c2cccc(F)c2)CC1)c1ccc(OCc2ccccc2)cc1. The molecular formula is C26H26FNO3. The van der Waals surface area contributed by atoms with Crippen LogP contribution in [0.5, 0.6) is 5.75 Å². The highest BCUT2D eigenvalue weighted by Gasteiger charge is 2.34. The van der Waals surface area contributed by atoms with E-state index in [1.54, 1.807) is 24.3 Å². The van der Waals surface area contributed by atoms with Crippen molar-refractivity contribution in [2.75, 3.05) is 19.6 Å². The molecule has 0 radical (unpaired) electrons. The number of aliphatic hydroxyl groups is 1. The molecule has 1 heterocycles. The number of rotatable bonds is 7. The van der Waals surface area contributed by atoms with Crippen LogP contribution in [0.4, 0.5) is 4.39 Å². The molecule has 0 unspecified atom stereocenters. The zero-order valence-electron chi connectivity index (χ0n) is 17.3. The van der Waals surface area contributed by atoms with Gasteiger partial charge in [0, 0.05) is 18.7 Å². The number of halogens is 1. The van der Waals surface area contributed by atoms with Crippen molar-refractivity contribution in [1.82, 2.24) is 4.90 Å². The summed E-state index contributed by atoms with van der Waals surface area (Å²) in [4.78, 5) is 14.7. The van der Waals surface area contributed by atoms with Crippen LogP contribution in [-0.4, -0.2) is 35.4 Å². The number of piperidine rings is 1. The van der Waals surface area contributed by atoms with Crippen molar-refractivity contribution in [1.29, 1.82) is 0 Å². The second-order valence-corrected chi connectivity index (χ2v) is 8.04. The van der Waals surface area contributed by atoms with Gasteiger partial charge in [0.15, 0.2) is 5.78 Å². The number of Topliss-reactive ketones (excluding diaryl/α,β-unsaturated/α-hetero) is 1. The van der Waals surface area contributed by atoms with E-state index in [0.717, 1.165) is 11.3 Å². The van der Waals surface area contributed by atoms with Crippen LogP contribution in [0.3, 0.4) is 0 Å². The van der Waals surface area contributed by atoms with Gasteiger partial charge in [0.2, 0.25) is 0 Å². The van der Waals surface area contributed by atoms with Crippen LogP contribution < -0.4 is 4.74 Å². The first kappa shape index (κ1) is 21.2. The molecule has 1 fully saturated rings. The molecule has 4 nitrogen and oxygen atoms in total. The van der Waals surface area contributed by atoms with Gasteiger partial charge in [-0.2, -0.15) is 0 Å². The molecule has 4 rings (SSSR count). The van der Waals surface area contributed by atoms with E-state index in [-0.39, 0.29) is 11.6 Å². The molecule has 1 N–H and O–H groups in total. The van der Waals surface area contributed by atoms with Crippen LogP contribution in [0.25, 0.3) is 0 Å². The van der Waals surface area contributed by atoms with E-state index in [2.05, 4.69) is 0 Å². The van der Waals surface area contributed by atoms with Crippen molar-refractivity contribution in [2.24, 2.45) is 0 Å². The number of ketones is 1. The number of ether oxygens (including phenoxy) is 1. The first-order chi connectivity index (χ1) is 15.0. The number of hydrogen-bond acceptors (Lipinski definition) is 4. The number of likely N-dealkylation sites (tertiary alicyclic amines) is 1. The quantitative estimate of drug-likeness (QED) is 0.570. The van der Waals surface area contributed by atoms with Gasteiger partial charge in [-0.15, -0.1) is 0 Å². The van der Waals surface area contributed by atoms with Crippen LogP contribution in [-0.2, 0) is 12.2 Å². The summed E-state index contributed by atoms with van der Waals surface area (Å²) in [6.45, 7) is 1.94. The lowest BCUT2D eigenvalue weighted by atomic mass is 9.84. The lowest BCUT2D eigenvalue weighted by Crippen LogP contribution is -2.44. The molecule has 1 saturated heterocycles. The van der Waals surface area contributed by atoms with E-state index >= 15 is 0 Å². The van der Waals surface area contributed by atoms with E-state index in [1.165, 1.54) is 12.1 Å². The van der Waals surface area contributed by atoms with Crippen LogP contribution in [0, 0.1) is 5.82 Å². The largest absolute Gasteiger partial charge is 0.489 e. The van der Waals surface area contributed by atoms with E-state index in [1.807, 2.05) is 47.4 Å². The van der Waals surface area contributed by atoms with Crippen molar-refractivity contribution in [3.8, 4) is 5.75 Å². The fourth-order valence-corrected chi connectivity index (χ4v) is 3.92. The Hall–Kier alpha value is -3.02. The molecule has 5 heteroatoms. The predicted molar refractivity (Wildman–Crippen MR) is 118 cm³/mol. The molecule has 160 valence electrons. The molecule has 1 aliphatic heterocycles. The molecule has 3 aromatic rings. The van der Waals surface area contributed by atoms with Gasteiger partial charge in [0.25, 0.3) is 0 Å². The number of nitrogens with zero attached hydrogens (tertiary/aromatic N) is 1. The monoisotopic (exact) mass is 419 g/mol. The van der Waals surface area contributed by atoms with Gasteiger partial charge in [-0.1, -0.05) is 42.5 Å². The Morgan fingerprint density at radius 1 is 0.968 bits per heavy atom. The van der Waals surface area contributed by atoms with Crippen LogP contribution in [0.1, 0.15) is 34.3 Å². The lowest BCUT2D eigenvalue weighted by Gasteiger charge is -2.38. The molecule has 0 saturated carbocycles. The maximum atomic E-state index is 13.5. The van der Waals surface area contributed by atoms with Crippen molar-refractivity contribution >= 4 is 5.78 Å². The summed E-state index contributed by atoms with van der Waals surface area (Å²) in [5.41, 5.74) is 1.29. The van der Waals surface area contributed by atoms with Crippen LogP contribution in [0.2, 0.25) is 0 Å². The fraction of sp³-hybridized carbons (Fsp3) is 0.269. The van der Waals surface area contributed by atoms with Gasteiger partial charge in [-0.3, -0.25) is 9.69 Å². The standard InChI is InChI=1S/C26H26FNO3/c27-23-8-4-7-22(17-23)26(30)13-15-28(16-14-26)18-25(29)21-9-11-24(12-10-21)31-19-20-5-2-1-3-6-20/h1-12,17,30H,13-16,18-19H2. The minimum Gasteiger partial charge on any atom is -0.489 e. The highest BCUT2D eigenvalue weighted by Crippen LogP contribution is 2.33. The molecule has 0 bridgehead atoms. The smallest absolute Gasteiger partial charge is 0.176 e. The van der Waals surface area contributed by atoms with Crippen LogP contribution in [0.15, 0.2) is 78.9 Å². The number of carbonyl (C=O) groups excluding carboxylic acids is 1. The predicted octanol–water partition coefficient (Wildman–Crippen LogP) is 4.57. The minimum atomic E-state index is -1.04. The second-order valence-electron chi connectivity index (χ2n) is 8.04. The summed E-state index contributed by atoms with van der Waals surface area (Å²) < 4.78 is 19.3. The Labute approximate surface area is 181 Å². The van der Waals surface area contributed by atoms with Gasteiger partial charge in [0.05, 0.1) is 12.1 Å². The average Bonchev–Trinajstić information content (AvgIpc) is 2.80. The van der Waals surface area contributed by atoms with E-state index < -0.39 is 5.60 Å². The maximum absolute atomic E-state index is 13.5. The third-order valence-electron chi connectivity index (χ3n) is 5.84. The molecule has 1 aliphatic rings. The Morgan fingerprint density at radius 2 is 1.68 bits per heavy atom. The Kier molecular flexibility index (Phi) is 6.44. The van der Waals surface area contributed by atoms with Crippen molar-refractivity contribution in [3.05, 3.63) is 101 Å². The highest BCUT2D eigenvalue weighted by molar-refractivity contribution is 5.97. The van der Waals surface area contributed by atoms with Gasteiger partial charge >= 0.3 is 0 Å². The summed E-state index contributed by atoms with van der Waals surface area (Å²) in [7, 11) is 0. The van der Waals surface area contributed by atoms with Gasteiger partial charge < -0.3 is 9.84 Å². The number of carbonyl (C=O) groups is 1. The third kappa shape index (κ3) is 5.37. The minimum absolute atomic E-state index is 0.0332. The molecule has 0 spiro atoms. The molecule has 0 aromatic heterocycles. The summed E-state index contributed by atoms with van der Waals surface area (Å²) in [6, 6.07) is 23.3. The van der Waals surface area contributed by atoms with Crippen molar-refractivity contribution in [3.63, 3.8) is 0 Å². The molecule has 3 aromatic carbocycles. The summed E-state index contributed by atoms with van der Waals surface area (Å²) in [5.74, 6) is 0.407. The summed E-state index contributed by atoms with van der Waals surface area (Å²) in [5, 5.41) is 10.9. The Bertz CT molecular complexity index is 1010. The molecule has 0 atom stereocenters. The Balaban J connectivity index is 1.29. The second kappa shape index (κ2) is 9.41. The summed E-state index contributed by atoms with van der Waals surface area (Å²) in [6.07, 6.45) is 0.937. The van der Waals surface area contributed by atoms with Crippen LogP contribution >= 0.6 is 0 Å². The fourth-order valence-electron chi connectivity index (χ4n) is 3.92. The van der Waals surface area contributed by atoms with Crippen molar-refractivity contribution in [2.45, 2.75) is 25.0 Å². The molecule has 0 amide bonds. The topological polar surface area (TPSA) is 49.8 Å². The van der Waals surface area contributed by atoms with Gasteiger partial charge in [0.1, 0.15) is 18.2 Å². The number of hydrogen-bond donors (Lipinski definition) is 1. The molecule has 0 aliphatic carbocycles. The zero-order chi connectivity index (χ0) is 21.7. The first-order valence-electron chi connectivity index (χ1n) is 10.5. The van der Waals surface area contributed by atoms with E-state index in [4.69, 9.17) is 4.74 Å². The maximum Gasteiger partial charge on any atom is 0.176 e. The Morgan fingerprint density at radius 3 is 2.35 bits per heavy atom. The molecular weight excluding hydrogens is 393 g/mol.